The normalized spacial score (nSPS) is 24.5. The zero-order valence-electron chi connectivity index (χ0n) is 13.9. The lowest BCUT2D eigenvalue weighted by Crippen LogP contribution is -2.43. The number of hydrogen-bond acceptors (Lipinski definition) is 4. The van der Waals surface area contributed by atoms with Crippen LogP contribution in [0.25, 0.3) is 0 Å². The quantitative estimate of drug-likeness (QED) is 0.775. The summed E-state index contributed by atoms with van der Waals surface area (Å²) in [7, 11) is -0.131. The molecule has 1 aromatic carbocycles. The van der Waals surface area contributed by atoms with Crippen LogP contribution in [0.5, 0.6) is 0 Å². The molecule has 0 bridgehead atoms. The smallest absolute Gasteiger partial charge is 0.261 e. The fourth-order valence-corrected chi connectivity index (χ4v) is 4.78. The predicted molar refractivity (Wildman–Crippen MR) is 90.2 cm³/mol. The Kier molecular flexibility index (Phi) is 4.48. The van der Waals surface area contributed by atoms with Crippen LogP contribution < -0.4 is 0 Å². The maximum atomic E-state index is 12.5. The zero-order chi connectivity index (χ0) is 17.5. The number of amides is 2. The first-order valence-electron chi connectivity index (χ1n) is 8.18. The van der Waals surface area contributed by atoms with Gasteiger partial charge in [-0.15, -0.1) is 0 Å². The second-order valence-corrected chi connectivity index (χ2v) is 8.99. The Bertz CT molecular complexity index is 730. The molecule has 0 aromatic heterocycles. The molecule has 2 amide bonds. The highest BCUT2D eigenvalue weighted by Gasteiger charge is 2.41. The largest absolute Gasteiger partial charge is 0.271 e. The third-order valence-electron chi connectivity index (χ3n) is 5.01. The zero-order valence-corrected chi connectivity index (χ0v) is 14.8. The molecule has 1 aromatic rings. The van der Waals surface area contributed by atoms with Gasteiger partial charge in [0.1, 0.15) is 0 Å². The fraction of sp³-hybridized carbons (Fsp3) is 0.529. The molecule has 0 atom stereocenters. The highest BCUT2D eigenvalue weighted by atomic mass is 32.2. The SMILES string of the molecule is CN(C)S(=O)(=O)CC1CCC(N2C(=O)c3ccccc3C2=O)CC1. The van der Waals surface area contributed by atoms with Crippen LogP contribution in [0.15, 0.2) is 24.3 Å². The number of benzene rings is 1. The van der Waals surface area contributed by atoms with Crippen LogP contribution in [0.4, 0.5) is 0 Å². The monoisotopic (exact) mass is 350 g/mol. The molecular weight excluding hydrogens is 328 g/mol. The van der Waals surface area contributed by atoms with Crippen LogP contribution in [0.3, 0.4) is 0 Å². The number of rotatable bonds is 4. The van der Waals surface area contributed by atoms with Crippen molar-refractivity contribution in [3.8, 4) is 0 Å². The molecule has 0 N–H and O–H groups in total. The number of hydrogen-bond donors (Lipinski definition) is 0. The maximum absolute atomic E-state index is 12.5. The Labute approximate surface area is 142 Å². The molecule has 2 aliphatic rings. The van der Waals surface area contributed by atoms with E-state index < -0.39 is 10.0 Å². The molecule has 0 spiro atoms. The molecule has 0 radical (unpaired) electrons. The maximum Gasteiger partial charge on any atom is 0.261 e. The summed E-state index contributed by atoms with van der Waals surface area (Å²) in [4.78, 5) is 26.4. The fourth-order valence-electron chi connectivity index (χ4n) is 3.56. The van der Waals surface area contributed by atoms with Crippen LogP contribution in [-0.4, -0.2) is 55.3 Å². The average molecular weight is 350 g/mol. The Morgan fingerprint density at radius 2 is 1.50 bits per heavy atom. The van der Waals surface area contributed by atoms with E-state index in [1.165, 1.54) is 9.21 Å². The minimum Gasteiger partial charge on any atom is -0.271 e. The first-order chi connectivity index (χ1) is 11.3. The van der Waals surface area contributed by atoms with E-state index in [2.05, 4.69) is 0 Å². The Morgan fingerprint density at radius 3 is 1.96 bits per heavy atom. The number of fused-ring (bicyclic) bond motifs is 1. The van der Waals surface area contributed by atoms with E-state index in [-0.39, 0.29) is 29.5 Å². The Morgan fingerprint density at radius 1 is 1.00 bits per heavy atom. The van der Waals surface area contributed by atoms with Gasteiger partial charge in [0.25, 0.3) is 11.8 Å². The van der Waals surface area contributed by atoms with E-state index in [9.17, 15) is 18.0 Å². The number of imide groups is 1. The second kappa shape index (κ2) is 6.29. The van der Waals surface area contributed by atoms with E-state index in [0.717, 1.165) is 0 Å². The third kappa shape index (κ3) is 2.98. The van der Waals surface area contributed by atoms with Gasteiger partial charge in [-0.25, -0.2) is 12.7 Å². The molecule has 0 unspecified atom stereocenters. The molecule has 130 valence electrons. The predicted octanol–water partition coefficient (Wildman–Crippen LogP) is 1.73. The summed E-state index contributed by atoms with van der Waals surface area (Å²) in [5.41, 5.74) is 0.944. The standard InChI is InChI=1S/C17H22N2O4S/c1-18(2)24(22,23)11-12-7-9-13(10-8-12)19-16(20)14-5-3-4-6-15(14)17(19)21/h3-6,12-13H,7-11H2,1-2H3. The lowest BCUT2D eigenvalue weighted by molar-refractivity contribution is 0.0533. The molecule has 1 aliphatic heterocycles. The molecule has 1 fully saturated rings. The van der Waals surface area contributed by atoms with Crippen molar-refractivity contribution in [1.29, 1.82) is 0 Å². The van der Waals surface area contributed by atoms with Crippen molar-refractivity contribution < 1.29 is 18.0 Å². The summed E-state index contributed by atoms with van der Waals surface area (Å²) in [6, 6.07) is 6.76. The summed E-state index contributed by atoms with van der Waals surface area (Å²) < 4.78 is 25.2. The molecule has 1 heterocycles. The molecule has 1 saturated carbocycles. The second-order valence-electron chi connectivity index (χ2n) is 6.76. The van der Waals surface area contributed by atoms with E-state index in [4.69, 9.17) is 0 Å². The minimum atomic E-state index is -3.21. The van der Waals surface area contributed by atoms with E-state index >= 15 is 0 Å². The molecule has 6 nitrogen and oxygen atoms in total. The molecule has 1 aliphatic carbocycles. The van der Waals surface area contributed by atoms with Gasteiger partial charge in [-0.3, -0.25) is 14.5 Å². The number of nitrogens with zero attached hydrogens (tertiary/aromatic N) is 2. The van der Waals surface area contributed by atoms with Gasteiger partial charge in [0.15, 0.2) is 0 Å². The van der Waals surface area contributed by atoms with Gasteiger partial charge >= 0.3 is 0 Å². The minimum absolute atomic E-state index is 0.0869. The summed E-state index contributed by atoms with van der Waals surface area (Å²) in [5.74, 6) is -0.224. The van der Waals surface area contributed by atoms with Gasteiger partial charge in [-0.2, -0.15) is 0 Å². The average Bonchev–Trinajstić information content (AvgIpc) is 2.80. The summed E-state index contributed by atoms with van der Waals surface area (Å²) >= 11 is 0. The molecule has 0 saturated heterocycles. The lowest BCUT2D eigenvalue weighted by Gasteiger charge is -2.33. The van der Waals surface area contributed by atoms with Crippen LogP contribution in [0, 0.1) is 5.92 Å². The highest BCUT2D eigenvalue weighted by Crippen LogP contribution is 2.33. The van der Waals surface area contributed by atoms with Crippen molar-refractivity contribution in [2.75, 3.05) is 19.8 Å². The van der Waals surface area contributed by atoms with Crippen molar-refractivity contribution >= 4 is 21.8 Å². The van der Waals surface area contributed by atoms with Crippen LogP contribution in [-0.2, 0) is 10.0 Å². The van der Waals surface area contributed by atoms with Crippen LogP contribution in [0.2, 0.25) is 0 Å². The summed E-state index contributed by atoms with van der Waals surface area (Å²) in [6.07, 6.45) is 2.76. The summed E-state index contributed by atoms with van der Waals surface area (Å²) in [6.45, 7) is 0. The third-order valence-corrected chi connectivity index (χ3v) is 7.01. The van der Waals surface area contributed by atoms with E-state index in [1.54, 1.807) is 38.4 Å². The molecule has 7 heteroatoms. The number of sulfonamides is 1. The first kappa shape index (κ1) is 17.1. The molecule has 3 rings (SSSR count). The van der Waals surface area contributed by atoms with Gasteiger partial charge in [-0.1, -0.05) is 12.1 Å². The molecule has 24 heavy (non-hydrogen) atoms. The Hall–Kier alpha value is -1.73. The lowest BCUT2D eigenvalue weighted by atomic mass is 9.86. The van der Waals surface area contributed by atoms with Crippen molar-refractivity contribution in [3.05, 3.63) is 35.4 Å². The number of carbonyl (C=O) groups excluding carboxylic acids is 2. The van der Waals surface area contributed by atoms with Crippen molar-refractivity contribution in [2.24, 2.45) is 5.92 Å². The van der Waals surface area contributed by atoms with Gasteiger partial charge in [0.2, 0.25) is 10.0 Å². The summed E-state index contributed by atoms with van der Waals surface area (Å²) in [5, 5.41) is 0. The Balaban J connectivity index is 1.66. The van der Waals surface area contributed by atoms with Crippen LogP contribution >= 0.6 is 0 Å². The van der Waals surface area contributed by atoms with Crippen LogP contribution in [0.1, 0.15) is 46.4 Å². The first-order valence-corrected chi connectivity index (χ1v) is 9.79. The molecular formula is C17H22N2O4S. The van der Waals surface area contributed by atoms with Gasteiger partial charge in [0.05, 0.1) is 16.9 Å². The van der Waals surface area contributed by atoms with Gasteiger partial charge < -0.3 is 0 Å². The van der Waals surface area contributed by atoms with Gasteiger partial charge in [0, 0.05) is 20.1 Å². The topological polar surface area (TPSA) is 74.8 Å². The van der Waals surface area contributed by atoms with Crippen molar-refractivity contribution in [3.63, 3.8) is 0 Å². The number of carbonyl (C=O) groups is 2. The van der Waals surface area contributed by atoms with Crippen molar-refractivity contribution in [1.82, 2.24) is 9.21 Å². The van der Waals surface area contributed by atoms with Crippen molar-refractivity contribution in [2.45, 2.75) is 31.7 Å². The van der Waals surface area contributed by atoms with Gasteiger partial charge in [-0.05, 0) is 43.7 Å². The van der Waals surface area contributed by atoms with E-state index in [0.29, 0.717) is 36.8 Å². The van der Waals surface area contributed by atoms with E-state index in [1.807, 2.05) is 0 Å². The highest BCUT2D eigenvalue weighted by molar-refractivity contribution is 7.89.